The molecule has 1 aliphatic heterocycles. The Balaban J connectivity index is 1.56. The van der Waals surface area contributed by atoms with Crippen LogP contribution in [0.4, 0.5) is 4.39 Å². The van der Waals surface area contributed by atoms with Crippen molar-refractivity contribution in [1.82, 2.24) is 10.2 Å². The van der Waals surface area contributed by atoms with Crippen molar-refractivity contribution in [2.75, 3.05) is 13.2 Å². The van der Waals surface area contributed by atoms with Crippen LogP contribution in [0.2, 0.25) is 5.02 Å². The first-order valence-electron chi connectivity index (χ1n) is 9.19. The first kappa shape index (κ1) is 20.6. The van der Waals surface area contributed by atoms with Crippen LogP contribution in [0.3, 0.4) is 0 Å². The quantitative estimate of drug-likeness (QED) is 0.735. The van der Waals surface area contributed by atoms with Gasteiger partial charge in [0.1, 0.15) is 17.6 Å². The van der Waals surface area contributed by atoms with Crippen LogP contribution >= 0.6 is 22.9 Å². The number of benzene rings is 1. The lowest BCUT2D eigenvalue weighted by molar-refractivity contribution is -0.137. The molecular formula is C20H22ClFN2O3S. The molecular weight excluding hydrogens is 403 g/mol. The molecule has 1 unspecified atom stereocenters. The van der Waals surface area contributed by atoms with Crippen molar-refractivity contribution in [2.45, 2.75) is 38.8 Å². The van der Waals surface area contributed by atoms with Crippen LogP contribution in [-0.4, -0.2) is 35.9 Å². The van der Waals surface area contributed by atoms with Crippen molar-refractivity contribution in [2.24, 2.45) is 0 Å². The number of nitrogens with zero attached hydrogens (tertiary/aromatic N) is 1. The maximum Gasteiger partial charge on any atom is 0.258 e. The minimum atomic E-state index is -0.585. The lowest BCUT2D eigenvalue weighted by atomic mass is 10.1. The van der Waals surface area contributed by atoms with E-state index < -0.39 is 17.8 Å². The van der Waals surface area contributed by atoms with E-state index in [1.807, 2.05) is 12.3 Å². The zero-order chi connectivity index (χ0) is 20.1. The van der Waals surface area contributed by atoms with Gasteiger partial charge in [0, 0.05) is 24.0 Å². The van der Waals surface area contributed by atoms with E-state index in [9.17, 15) is 14.0 Å². The van der Waals surface area contributed by atoms with Crippen molar-refractivity contribution in [3.63, 3.8) is 0 Å². The number of hydrogen-bond acceptors (Lipinski definition) is 4. The second kappa shape index (κ2) is 9.39. The summed E-state index contributed by atoms with van der Waals surface area (Å²) in [7, 11) is 0. The van der Waals surface area contributed by atoms with E-state index in [2.05, 4.69) is 11.4 Å². The number of nitrogens with one attached hydrogen (secondary N) is 1. The molecule has 0 spiro atoms. The summed E-state index contributed by atoms with van der Waals surface area (Å²) in [6, 6.07) is 5.35. The fourth-order valence-electron chi connectivity index (χ4n) is 3.15. The zero-order valence-corrected chi connectivity index (χ0v) is 17.1. The molecule has 1 atom stereocenters. The molecule has 2 amide bonds. The Labute approximate surface area is 172 Å². The van der Waals surface area contributed by atoms with Crippen molar-refractivity contribution in [3.05, 3.63) is 50.9 Å². The van der Waals surface area contributed by atoms with E-state index in [0.29, 0.717) is 25.3 Å². The molecule has 5 nitrogen and oxygen atoms in total. The van der Waals surface area contributed by atoms with E-state index >= 15 is 0 Å². The van der Waals surface area contributed by atoms with E-state index in [-0.39, 0.29) is 17.5 Å². The number of thiophene rings is 1. The van der Waals surface area contributed by atoms with Crippen LogP contribution in [0.1, 0.15) is 30.2 Å². The normalized spacial score (nSPS) is 14.3. The average Bonchev–Trinajstić information content (AvgIpc) is 3.16. The van der Waals surface area contributed by atoms with Gasteiger partial charge in [-0.25, -0.2) is 4.39 Å². The topological polar surface area (TPSA) is 58.6 Å². The van der Waals surface area contributed by atoms with Gasteiger partial charge < -0.3 is 15.0 Å². The molecule has 2 heterocycles. The van der Waals surface area contributed by atoms with E-state index in [0.717, 1.165) is 12.8 Å². The highest BCUT2D eigenvalue weighted by molar-refractivity contribution is 7.10. The highest BCUT2D eigenvalue weighted by atomic mass is 35.5. The summed E-state index contributed by atoms with van der Waals surface area (Å²) in [5, 5.41) is 4.74. The number of amides is 2. The Morgan fingerprint density at radius 3 is 2.96 bits per heavy atom. The molecule has 1 aromatic heterocycles. The van der Waals surface area contributed by atoms with Crippen LogP contribution in [0.5, 0.6) is 5.75 Å². The molecule has 2 aromatic rings. The number of rotatable bonds is 7. The van der Waals surface area contributed by atoms with Crippen molar-refractivity contribution < 1.29 is 18.7 Å². The Kier molecular flexibility index (Phi) is 6.91. The average molecular weight is 425 g/mol. The third-order valence-corrected chi connectivity index (χ3v) is 5.90. The fourth-order valence-corrected chi connectivity index (χ4v) is 4.21. The first-order chi connectivity index (χ1) is 13.5. The summed E-state index contributed by atoms with van der Waals surface area (Å²) in [4.78, 5) is 28.3. The van der Waals surface area contributed by atoms with Gasteiger partial charge in [0.25, 0.3) is 5.91 Å². The van der Waals surface area contributed by atoms with Crippen LogP contribution < -0.4 is 10.1 Å². The summed E-state index contributed by atoms with van der Waals surface area (Å²) in [5.41, 5.74) is 1.18. The maximum atomic E-state index is 13.2. The van der Waals surface area contributed by atoms with Gasteiger partial charge in [-0.3, -0.25) is 9.59 Å². The fraction of sp³-hybridized carbons (Fsp3) is 0.400. The van der Waals surface area contributed by atoms with Gasteiger partial charge in [-0.1, -0.05) is 24.9 Å². The molecule has 1 N–H and O–H groups in total. The summed E-state index contributed by atoms with van der Waals surface area (Å²) in [5.74, 6) is -0.735. The van der Waals surface area contributed by atoms with Crippen LogP contribution in [0.15, 0.2) is 29.6 Å². The molecule has 0 bridgehead atoms. The zero-order valence-electron chi connectivity index (χ0n) is 15.5. The summed E-state index contributed by atoms with van der Waals surface area (Å²) < 4.78 is 18.5. The summed E-state index contributed by atoms with van der Waals surface area (Å²) in [6.07, 6.45) is 2.17. The number of fused-ring (bicyclic) bond motifs is 1. The third kappa shape index (κ3) is 5.02. The number of hydrogen-bond donors (Lipinski definition) is 1. The maximum absolute atomic E-state index is 13.2. The number of halogens is 2. The molecule has 1 aromatic carbocycles. The van der Waals surface area contributed by atoms with E-state index in [1.54, 1.807) is 16.2 Å². The number of carbonyl (C=O) groups excluding carboxylic acids is 2. The monoisotopic (exact) mass is 424 g/mol. The Bertz CT molecular complexity index is 858. The van der Waals surface area contributed by atoms with Gasteiger partial charge in [0.15, 0.2) is 6.61 Å². The molecule has 1 aliphatic rings. The standard InChI is InChI=1S/C20H22ClFN2O3S/c1-2-3-17(20(26)24-8-6-18-13(11-24)7-9-28-18)23-19(25)12-27-14-4-5-16(22)15(21)10-14/h4-5,7,9-10,17H,2-3,6,8,11-12H2,1H3,(H,23,25). The smallest absolute Gasteiger partial charge is 0.258 e. The van der Waals surface area contributed by atoms with Gasteiger partial charge >= 0.3 is 0 Å². The SMILES string of the molecule is CCCC(NC(=O)COc1ccc(F)c(Cl)c1)C(=O)N1CCc2sccc2C1. The van der Waals surface area contributed by atoms with E-state index in [1.165, 1.54) is 28.6 Å². The first-order valence-corrected chi connectivity index (χ1v) is 10.4. The second-order valence-corrected chi connectivity index (χ2v) is 8.06. The molecule has 0 aliphatic carbocycles. The third-order valence-electron chi connectivity index (χ3n) is 4.59. The second-order valence-electron chi connectivity index (χ2n) is 6.65. The Morgan fingerprint density at radius 2 is 2.21 bits per heavy atom. The van der Waals surface area contributed by atoms with Crippen molar-refractivity contribution in [1.29, 1.82) is 0 Å². The lowest BCUT2D eigenvalue weighted by Crippen LogP contribution is -2.50. The Morgan fingerprint density at radius 1 is 1.39 bits per heavy atom. The molecule has 150 valence electrons. The molecule has 0 saturated heterocycles. The van der Waals surface area contributed by atoms with Crippen LogP contribution in [0.25, 0.3) is 0 Å². The molecule has 3 rings (SSSR count). The minimum absolute atomic E-state index is 0.0723. The molecule has 8 heteroatoms. The summed E-state index contributed by atoms with van der Waals surface area (Å²) in [6.45, 7) is 2.94. The predicted octanol–water partition coefficient (Wildman–Crippen LogP) is 3.79. The molecule has 28 heavy (non-hydrogen) atoms. The number of carbonyl (C=O) groups is 2. The van der Waals surface area contributed by atoms with Crippen LogP contribution in [-0.2, 0) is 22.6 Å². The molecule has 0 radical (unpaired) electrons. The summed E-state index contributed by atoms with van der Waals surface area (Å²) >= 11 is 7.42. The van der Waals surface area contributed by atoms with Gasteiger partial charge in [-0.05, 0) is 42.0 Å². The van der Waals surface area contributed by atoms with E-state index in [4.69, 9.17) is 16.3 Å². The minimum Gasteiger partial charge on any atom is -0.484 e. The van der Waals surface area contributed by atoms with Gasteiger partial charge in [-0.2, -0.15) is 0 Å². The predicted molar refractivity (Wildman–Crippen MR) is 107 cm³/mol. The Hall–Kier alpha value is -2.12. The van der Waals surface area contributed by atoms with Gasteiger partial charge in [0.2, 0.25) is 5.91 Å². The van der Waals surface area contributed by atoms with Gasteiger partial charge in [0.05, 0.1) is 5.02 Å². The van der Waals surface area contributed by atoms with Crippen molar-refractivity contribution >= 4 is 34.8 Å². The van der Waals surface area contributed by atoms with Crippen LogP contribution in [0, 0.1) is 5.82 Å². The molecule has 0 saturated carbocycles. The largest absolute Gasteiger partial charge is 0.484 e. The highest BCUT2D eigenvalue weighted by Gasteiger charge is 2.28. The lowest BCUT2D eigenvalue weighted by Gasteiger charge is -2.30. The van der Waals surface area contributed by atoms with Gasteiger partial charge in [-0.15, -0.1) is 11.3 Å². The number of ether oxygens (including phenoxy) is 1. The van der Waals surface area contributed by atoms with Crippen molar-refractivity contribution in [3.8, 4) is 5.75 Å². The molecule has 0 fully saturated rings. The highest BCUT2D eigenvalue weighted by Crippen LogP contribution is 2.25.